The van der Waals surface area contributed by atoms with Crippen LogP contribution < -0.4 is 0 Å². The average molecular weight is 407 g/mol. The maximum atomic E-state index is 4.04. The Kier molecular flexibility index (Phi) is 4.22. The van der Waals surface area contributed by atoms with Crippen molar-refractivity contribution in [2.24, 2.45) is 0 Å². The molecule has 2 heteroatoms. The fourth-order valence-corrected chi connectivity index (χ4v) is 3.58. The van der Waals surface area contributed by atoms with E-state index in [0.717, 1.165) is 0 Å². The van der Waals surface area contributed by atoms with Crippen molar-refractivity contribution < 1.29 is 0 Å². The summed E-state index contributed by atoms with van der Waals surface area (Å²) in [5.41, 5.74) is 2.64. The third-order valence-corrected chi connectivity index (χ3v) is 7.23. The second-order valence-electron chi connectivity index (χ2n) is 5.02. The molecule has 2 rings (SSSR count). The summed E-state index contributed by atoms with van der Waals surface area (Å²) in [7, 11) is 0. The summed E-state index contributed by atoms with van der Waals surface area (Å²) < 4.78 is 0.0449. The molecule has 2 aromatic carbocycles. The first kappa shape index (κ1) is 14.1. The second-order valence-corrected chi connectivity index (χ2v) is 9.77. The Hall–Kier alpha value is -0.281. The molecule has 0 radical (unpaired) electrons. The molecule has 0 saturated heterocycles. The molecule has 0 aliphatic heterocycles. The zero-order valence-electron chi connectivity index (χ0n) is 10.7. The Bertz CT molecular complexity index is 460. The second kappa shape index (κ2) is 5.38. The van der Waals surface area contributed by atoms with E-state index in [-0.39, 0.29) is 7.76 Å². The summed E-state index contributed by atoms with van der Waals surface area (Å²) in [5, 5.41) is 0. The van der Waals surface area contributed by atoms with Gasteiger partial charge in [-0.05, 0) is 0 Å². The van der Waals surface area contributed by atoms with E-state index in [9.17, 15) is 0 Å². The van der Waals surface area contributed by atoms with Gasteiger partial charge in [-0.3, -0.25) is 0 Å². The van der Waals surface area contributed by atoms with Crippen LogP contribution in [0.2, 0.25) is 3.43 Å². The quantitative estimate of drug-likeness (QED) is 0.512. The molecule has 0 fully saturated rings. The number of halogens is 1. The molecular weight excluding hydrogens is 391 g/mol. The van der Waals surface area contributed by atoms with Crippen molar-refractivity contribution in [2.75, 3.05) is 0 Å². The van der Waals surface area contributed by atoms with Gasteiger partial charge in [-0.25, -0.2) is 0 Å². The number of benzene rings is 2. The van der Waals surface area contributed by atoms with Gasteiger partial charge in [0.2, 0.25) is 0 Å². The molecule has 88 valence electrons. The molecule has 0 spiro atoms. The van der Waals surface area contributed by atoms with Gasteiger partial charge >= 0.3 is 132 Å². The first-order valence-corrected chi connectivity index (χ1v) is 8.23. The predicted molar refractivity (Wildman–Crippen MR) is 82.4 cm³/mol. The van der Waals surface area contributed by atoms with Crippen LogP contribution in [0.15, 0.2) is 60.7 Å². The first-order valence-electron chi connectivity index (χ1n) is 6.01. The predicted octanol–water partition coefficient (Wildman–Crippen LogP) is 4.69. The van der Waals surface area contributed by atoms with Gasteiger partial charge < -0.3 is 0 Å². The molecule has 0 nitrogen and oxygen atoms in total. The van der Waals surface area contributed by atoms with Gasteiger partial charge in [0.25, 0.3) is 0 Å². The molecule has 0 heterocycles. The van der Waals surface area contributed by atoms with Crippen molar-refractivity contribution >= 4 is 38.5 Å². The zero-order valence-corrected chi connectivity index (χ0v) is 15.1. The minimum absolute atomic E-state index is 0.124. The van der Waals surface area contributed by atoms with Crippen molar-refractivity contribution in [3.63, 3.8) is 0 Å². The average Bonchev–Trinajstić information content (AvgIpc) is 2.38. The Morgan fingerprint density at radius 2 is 1.11 bits per heavy atom. The molecule has 0 amide bonds. The zero-order chi connectivity index (χ0) is 13.2. The molecule has 18 heavy (non-hydrogen) atoms. The van der Waals surface area contributed by atoms with Gasteiger partial charge in [-0.1, -0.05) is 0 Å². The summed E-state index contributed by atoms with van der Waals surface area (Å²) in [6.07, 6.45) is 0. The molecule has 0 aliphatic carbocycles. The van der Waals surface area contributed by atoms with Gasteiger partial charge in [0, 0.05) is 0 Å². The van der Waals surface area contributed by atoms with Gasteiger partial charge in [0.15, 0.2) is 0 Å². The summed E-state index contributed by atoms with van der Waals surface area (Å²) in [5.74, 6) is 0. The normalized spacial score (nSPS) is 12.5. The summed E-state index contributed by atoms with van der Waals surface area (Å²) >= 11 is 5.56. The SMILES string of the molecule is C[C](C)([Sn+3])C(Br)(c1ccccc1)c1ccccc1. The molecule has 2 aromatic rings. The van der Waals surface area contributed by atoms with Crippen LogP contribution in [-0.4, -0.2) is 22.5 Å². The number of alkyl halides is 1. The minimum atomic E-state index is -0.124. The molecule has 0 aliphatic rings. The Labute approximate surface area is 131 Å². The molecule has 0 N–H and O–H groups in total. The standard InChI is InChI=1S/C16H16Br.Sn/c1-13(2)16(17,14-9-5-3-6-10-14)15-11-7-4-8-12-15;/h3-12H,1-2H3;/q;+3. The van der Waals surface area contributed by atoms with Gasteiger partial charge in [-0.15, -0.1) is 0 Å². The molecule has 0 aromatic heterocycles. The van der Waals surface area contributed by atoms with Gasteiger partial charge in [0.05, 0.1) is 0 Å². The molecule has 0 unspecified atom stereocenters. The van der Waals surface area contributed by atoms with E-state index in [2.05, 4.69) is 90.4 Å². The van der Waals surface area contributed by atoms with Crippen LogP contribution in [-0.2, 0) is 4.32 Å². The third kappa shape index (κ3) is 2.53. The topological polar surface area (TPSA) is 0 Å². The van der Waals surface area contributed by atoms with Gasteiger partial charge in [0.1, 0.15) is 0 Å². The van der Waals surface area contributed by atoms with Crippen molar-refractivity contribution in [3.05, 3.63) is 71.8 Å². The van der Waals surface area contributed by atoms with Crippen LogP contribution in [0.5, 0.6) is 0 Å². The van der Waals surface area contributed by atoms with Gasteiger partial charge in [-0.2, -0.15) is 0 Å². The van der Waals surface area contributed by atoms with Crippen LogP contribution in [0, 0.1) is 0 Å². The third-order valence-electron chi connectivity index (χ3n) is 3.20. The summed E-state index contributed by atoms with van der Waals surface area (Å²) in [6, 6.07) is 21.4. The number of hydrogen-bond acceptors (Lipinski definition) is 0. The fourth-order valence-electron chi connectivity index (χ4n) is 2.22. The molecule has 0 saturated carbocycles. The van der Waals surface area contributed by atoms with Crippen molar-refractivity contribution in [3.8, 4) is 0 Å². The van der Waals surface area contributed by atoms with Crippen LogP contribution in [0.4, 0.5) is 0 Å². The monoisotopic (exact) mass is 407 g/mol. The van der Waals surface area contributed by atoms with Crippen LogP contribution in [0.25, 0.3) is 0 Å². The van der Waals surface area contributed by atoms with Crippen molar-refractivity contribution in [2.45, 2.75) is 21.6 Å². The van der Waals surface area contributed by atoms with E-state index in [1.165, 1.54) is 33.7 Å². The first-order chi connectivity index (χ1) is 8.46. The van der Waals surface area contributed by atoms with E-state index in [1.807, 2.05) is 0 Å². The van der Waals surface area contributed by atoms with E-state index >= 15 is 0 Å². The van der Waals surface area contributed by atoms with Crippen LogP contribution in [0.1, 0.15) is 25.0 Å². The van der Waals surface area contributed by atoms with E-state index in [1.54, 1.807) is 0 Å². The summed E-state index contributed by atoms with van der Waals surface area (Å²) in [4.78, 5) is 0. The molecule has 0 bridgehead atoms. The molecule has 0 atom stereocenters. The van der Waals surface area contributed by atoms with E-state index in [0.29, 0.717) is 0 Å². The Balaban J connectivity index is 2.63. The Morgan fingerprint density at radius 3 is 1.39 bits per heavy atom. The maximum absolute atomic E-state index is 4.04. The van der Waals surface area contributed by atoms with E-state index < -0.39 is 0 Å². The van der Waals surface area contributed by atoms with Crippen molar-refractivity contribution in [1.29, 1.82) is 0 Å². The van der Waals surface area contributed by atoms with Crippen LogP contribution in [0.3, 0.4) is 0 Å². The molecular formula is C16H16BrSn+3. The number of rotatable bonds is 3. The van der Waals surface area contributed by atoms with Crippen LogP contribution >= 0.6 is 15.9 Å². The fraction of sp³-hybridized carbons (Fsp3) is 0.250. The van der Waals surface area contributed by atoms with E-state index in [4.69, 9.17) is 0 Å². The van der Waals surface area contributed by atoms with Crippen molar-refractivity contribution in [1.82, 2.24) is 0 Å². The summed E-state index contributed by atoms with van der Waals surface area (Å²) in [6.45, 7) is 4.61. The Morgan fingerprint density at radius 1 is 0.778 bits per heavy atom. The number of hydrogen-bond donors (Lipinski definition) is 0.